The van der Waals surface area contributed by atoms with Gasteiger partial charge in [-0.25, -0.2) is 4.79 Å². The monoisotopic (exact) mass is 183 g/mol. The van der Waals surface area contributed by atoms with Gasteiger partial charge in [-0.2, -0.15) is 13.2 Å². The van der Waals surface area contributed by atoms with E-state index in [4.69, 9.17) is 10.8 Å². The fourth-order valence-electron chi connectivity index (χ4n) is 0.517. The second-order valence-corrected chi connectivity index (χ2v) is 2.17. The molecular formula is C6H8F3NO2. The van der Waals surface area contributed by atoms with E-state index < -0.39 is 25.0 Å². The van der Waals surface area contributed by atoms with Crippen LogP contribution in [-0.2, 0) is 4.79 Å². The Morgan fingerprint density at radius 2 is 2.00 bits per heavy atom. The van der Waals surface area contributed by atoms with Gasteiger partial charge in [-0.1, -0.05) is 0 Å². The fraction of sp³-hybridized carbons (Fsp3) is 0.500. The van der Waals surface area contributed by atoms with Crippen molar-refractivity contribution in [1.82, 2.24) is 0 Å². The standard InChI is InChI=1S/C6H8F3NO2/c7-6(8,9)2-1-4(10)3-5(11)12/h3H,1-2,10H2,(H,11,12). The summed E-state index contributed by atoms with van der Waals surface area (Å²) < 4.78 is 34.6. The lowest BCUT2D eigenvalue weighted by Crippen LogP contribution is -2.10. The predicted molar refractivity (Wildman–Crippen MR) is 35.2 cm³/mol. The summed E-state index contributed by atoms with van der Waals surface area (Å²) in [5.41, 5.74) is 4.68. The van der Waals surface area contributed by atoms with Crippen molar-refractivity contribution < 1.29 is 23.1 Å². The Bertz CT molecular complexity index is 197. The molecule has 0 amide bonds. The molecule has 0 aromatic heterocycles. The minimum absolute atomic E-state index is 0.278. The molecule has 0 saturated heterocycles. The van der Waals surface area contributed by atoms with E-state index >= 15 is 0 Å². The number of hydrogen-bond donors (Lipinski definition) is 2. The minimum Gasteiger partial charge on any atom is -0.478 e. The van der Waals surface area contributed by atoms with Crippen LogP contribution in [-0.4, -0.2) is 17.3 Å². The van der Waals surface area contributed by atoms with E-state index in [9.17, 15) is 18.0 Å². The molecule has 70 valence electrons. The summed E-state index contributed by atoms with van der Waals surface area (Å²) in [5, 5.41) is 8.08. The fourth-order valence-corrected chi connectivity index (χ4v) is 0.517. The highest BCUT2D eigenvalue weighted by Crippen LogP contribution is 2.22. The zero-order valence-electron chi connectivity index (χ0n) is 6.06. The first-order valence-corrected chi connectivity index (χ1v) is 3.07. The third kappa shape index (κ3) is 6.91. The molecule has 12 heavy (non-hydrogen) atoms. The van der Waals surface area contributed by atoms with Crippen LogP contribution in [0.4, 0.5) is 13.2 Å². The number of aliphatic carboxylic acids is 1. The van der Waals surface area contributed by atoms with Crippen LogP contribution < -0.4 is 5.73 Å². The Balaban J connectivity index is 3.87. The molecule has 0 spiro atoms. The highest BCUT2D eigenvalue weighted by atomic mass is 19.4. The van der Waals surface area contributed by atoms with E-state index in [2.05, 4.69) is 0 Å². The average molecular weight is 183 g/mol. The largest absolute Gasteiger partial charge is 0.478 e. The minimum atomic E-state index is -4.29. The molecule has 0 heterocycles. The molecule has 3 nitrogen and oxygen atoms in total. The van der Waals surface area contributed by atoms with Gasteiger partial charge in [0.25, 0.3) is 0 Å². The van der Waals surface area contributed by atoms with Gasteiger partial charge in [-0.15, -0.1) is 0 Å². The second kappa shape index (κ2) is 3.99. The van der Waals surface area contributed by atoms with Crippen molar-refractivity contribution in [2.75, 3.05) is 0 Å². The topological polar surface area (TPSA) is 63.3 Å². The number of hydrogen-bond acceptors (Lipinski definition) is 2. The first-order chi connectivity index (χ1) is 5.31. The SMILES string of the molecule is NC(=CC(=O)O)CCC(F)(F)F. The zero-order chi connectivity index (χ0) is 9.78. The van der Waals surface area contributed by atoms with Crippen LogP contribution in [0.1, 0.15) is 12.8 Å². The Kier molecular flexibility index (Phi) is 3.59. The Morgan fingerprint density at radius 1 is 1.50 bits per heavy atom. The Labute approximate surface area is 66.7 Å². The summed E-state index contributed by atoms with van der Waals surface area (Å²) in [6.45, 7) is 0. The summed E-state index contributed by atoms with van der Waals surface area (Å²) in [7, 11) is 0. The van der Waals surface area contributed by atoms with E-state index in [1.807, 2.05) is 0 Å². The third-order valence-corrected chi connectivity index (χ3v) is 1.01. The number of alkyl halides is 3. The van der Waals surface area contributed by atoms with Gasteiger partial charge < -0.3 is 10.8 Å². The van der Waals surface area contributed by atoms with Crippen LogP contribution in [0.5, 0.6) is 0 Å². The number of allylic oxidation sites excluding steroid dienone is 1. The number of rotatable bonds is 3. The molecule has 0 aliphatic heterocycles. The van der Waals surface area contributed by atoms with E-state index in [0.717, 1.165) is 0 Å². The molecule has 3 N–H and O–H groups in total. The van der Waals surface area contributed by atoms with Crippen molar-refractivity contribution in [3.8, 4) is 0 Å². The lowest BCUT2D eigenvalue weighted by Gasteiger charge is -2.04. The number of nitrogens with two attached hydrogens (primary N) is 1. The lowest BCUT2D eigenvalue weighted by atomic mass is 10.2. The van der Waals surface area contributed by atoms with E-state index in [1.165, 1.54) is 0 Å². The maximum atomic E-state index is 11.5. The molecule has 0 saturated carbocycles. The van der Waals surface area contributed by atoms with Crippen molar-refractivity contribution in [2.24, 2.45) is 5.73 Å². The Morgan fingerprint density at radius 3 is 2.33 bits per heavy atom. The summed E-state index contributed by atoms with van der Waals surface area (Å²) in [6, 6.07) is 0. The van der Waals surface area contributed by atoms with Crippen LogP contribution in [0.2, 0.25) is 0 Å². The van der Waals surface area contributed by atoms with Gasteiger partial charge in [-0.3, -0.25) is 0 Å². The normalized spacial score (nSPS) is 13.1. The third-order valence-electron chi connectivity index (χ3n) is 1.01. The second-order valence-electron chi connectivity index (χ2n) is 2.17. The zero-order valence-corrected chi connectivity index (χ0v) is 6.06. The predicted octanol–water partition coefficient (Wildman–Crippen LogP) is 1.26. The number of halogens is 3. The van der Waals surface area contributed by atoms with Crippen molar-refractivity contribution in [3.63, 3.8) is 0 Å². The van der Waals surface area contributed by atoms with E-state index in [1.54, 1.807) is 0 Å². The van der Waals surface area contributed by atoms with Crippen molar-refractivity contribution in [2.45, 2.75) is 19.0 Å². The van der Waals surface area contributed by atoms with Gasteiger partial charge in [0, 0.05) is 18.2 Å². The van der Waals surface area contributed by atoms with Crippen molar-refractivity contribution >= 4 is 5.97 Å². The highest BCUT2D eigenvalue weighted by Gasteiger charge is 2.26. The molecule has 0 aliphatic rings. The van der Waals surface area contributed by atoms with Crippen LogP contribution in [0.3, 0.4) is 0 Å². The summed E-state index contributed by atoms with van der Waals surface area (Å²) in [4.78, 5) is 9.90. The number of carbonyl (C=O) groups is 1. The molecule has 0 atom stereocenters. The van der Waals surface area contributed by atoms with Gasteiger partial charge in [0.1, 0.15) is 0 Å². The number of carboxylic acid groups (broad SMARTS) is 1. The summed E-state index contributed by atoms with van der Waals surface area (Å²) in [5.74, 6) is -1.34. The molecule has 6 heteroatoms. The van der Waals surface area contributed by atoms with E-state index in [-0.39, 0.29) is 5.70 Å². The molecule has 0 radical (unpaired) electrons. The molecular weight excluding hydrogens is 175 g/mol. The van der Waals surface area contributed by atoms with Crippen molar-refractivity contribution in [1.29, 1.82) is 0 Å². The van der Waals surface area contributed by atoms with E-state index in [0.29, 0.717) is 6.08 Å². The van der Waals surface area contributed by atoms with Crippen LogP contribution in [0, 0.1) is 0 Å². The maximum Gasteiger partial charge on any atom is 0.389 e. The van der Waals surface area contributed by atoms with Crippen molar-refractivity contribution in [3.05, 3.63) is 11.8 Å². The summed E-state index contributed by atoms with van der Waals surface area (Å²) >= 11 is 0. The quantitative estimate of drug-likeness (QED) is 0.647. The first-order valence-electron chi connectivity index (χ1n) is 3.07. The van der Waals surface area contributed by atoms with Gasteiger partial charge >= 0.3 is 12.1 Å². The summed E-state index contributed by atoms with van der Waals surface area (Å²) in [6.07, 6.45) is -5.30. The molecule has 0 aromatic carbocycles. The molecule has 0 bridgehead atoms. The van der Waals surface area contributed by atoms with Crippen LogP contribution in [0.25, 0.3) is 0 Å². The average Bonchev–Trinajstić information content (AvgIpc) is 1.80. The maximum absolute atomic E-state index is 11.5. The lowest BCUT2D eigenvalue weighted by molar-refractivity contribution is -0.135. The first kappa shape index (κ1) is 10.8. The molecule has 0 aromatic rings. The Hall–Kier alpha value is -1.20. The molecule has 0 aliphatic carbocycles. The molecule has 0 rings (SSSR count). The smallest absolute Gasteiger partial charge is 0.389 e. The van der Waals surface area contributed by atoms with Gasteiger partial charge in [0.15, 0.2) is 0 Å². The number of carboxylic acids is 1. The van der Waals surface area contributed by atoms with Crippen LogP contribution >= 0.6 is 0 Å². The van der Waals surface area contributed by atoms with Crippen LogP contribution in [0.15, 0.2) is 11.8 Å². The van der Waals surface area contributed by atoms with Gasteiger partial charge in [0.2, 0.25) is 0 Å². The van der Waals surface area contributed by atoms with Gasteiger partial charge in [0.05, 0.1) is 0 Å². The van der Waals surface area contributed by atoms with Gasteiger partial charge in [-0.05, 0) is 6.42 Å². The molecule has 0 fully saturated rings. The highest BCUT2D eigenvalue weighted by molar-refractivity contribution is 5.80. The molecule has 0 unspecified atom stereocenters.